The van der Waals surface area contributed by atoms with E-state index < -0.39 is 0 Å². The van der Waals surface area contributed by atoms with Crippen LogP contribution in [0.5, 0.6) is 0 Å². The van der Waals surface area contributed by atoms with E-state index in [-0.39, 0.29) is 0 Å². The maximum Gasteiger partial charge on any atom is 0.225 e. The van der Waals surface area contributed by atoms with Gasteiger partial charge >= 0.3 is 0 Å². The van der Waals surface area contributed by atoms with Crippen molar-refractivity contribution < 1.29 is 0 Å². The molecule has 5 heteroatoms. The number of aryl methyl sites for hydroxylation is 2. The van der Waals surface area contributed by atoms with Gasteiger partial charge in [0.1, 0.15) is 5.82 Å². The molecule has 0 saturated carbocycles. The van der Waals surface area contributed by atoms with Crippen LogP contribution in [0.25, 0.3) is 0 Å². The van der Waals surface area contributed by atoms with Gasteiger partial charge in [-0.15, -0.1) is 0 Å². The minimum absolute atomic E-state index is 0.627. The molecule has 0 spiro atoms. The van der Waals surface area contributed by atoms with Crippen LogP contribution in [0, 0.1) is 13.8 Å². The molecule has 2 aromatic heterocycles. The second-order valence-corrected chi connectivity index (χ2v) is 5.67. The first-order chi connectivity index (χ1) is 11.7. The molecule has 24 heavy (non-hydrogen) atoms. The number of nitrogens with one attached hydrogen (secondary N) is 2. The lowest BCUT2D eigenvalue weighted by atomic mass is 10.1. The zero-order chi connectivity index (χ0) is 16.8. The Kier molecular flexibility index (Phi) is 5.01. The summed E-state index contributed by atoms with van der Waals surface area (Å²) in [6.07, 6.45) is 1.79. The molecule has 3 aromatic rings. The largest absolute Gasteiger partial charge is 0.364 e. The lowest BCUT2D eigenvalue weighted by Crippen LogP contribution is -2.09. The summed E-state index contributed by atoms with van der Waals surface area (Å²) in [6.45, 7) is 5.41. The van der Waals surface area contributed by atoms with Gasteiger partial charge < -0.3 is 10.6 Å². The molecule has 0 aliphatic heterocycles. The van der Waals surface area contributed by atoms with E-state index in [1.54, 1.807) is 6.20 Å². The van der Waals surface area contributed by atoms with Gasteiger partial charge in [0.05, 0.1) is 12.2 Å². The third kappa shape index (κ3) is 4.29. The number of pyridine rings is 1. The molecule has 0 amide bonds. The van der Waals surface area contributed by atoms with E-state index in [0.717, 1.165) is 17.2 Å². The number of nitrogens with zero attached hydrogens (tertiary/aromatic N) is 3. The fourth-order valence-corrected chi connectivity index (χ4v) is 2.40. The number of hydrogen-bond acceptors (Lipinski definition) is 5. The molecule has 0 aliphatic rings. The normalized spacial score (nSPS) is 10.4. The summed E-state index contributed by atoms with van der Waals surface area (Å²) in [6, 6.07) is 16.1. The highest BCUT2D eigenvalue weighted by Gasteiger charge is 2.04. The zero-order valence-electron chi connectivity index (χ0n) is 14.0. The summed E-state index contributed by atoms with van der Waals surface area (Å²) in [5.41, 5.74) is 4.39. The third-order valence-electron chi connectivity index (χ3n) is 3.73. The van der Waals surface area contributed by atoms with Gasteiger partial charge in [-0.25, -0.2) is 4.98 Å². The van der Waals surface area contributed by atoms with E-state index in [2.05, 4.69) is 44.6 Å². The Morgan fingerprint density at radius 2 is 1.71 bits per heavy atom. The first-order valence-corrected chi connectivity index (χ1v) is 7.98. The smallest absolute Gasteiger partial charge is 0.225 e. The molecule has 0 unspecified atom stereocenters. The van der Waals surface area contributed by atoms with Gasteiger partial charge in [-0.05, 0) is 37.1 Å². The SMILES string of the molecule is Cc1cc(NCc2ccccn2)nc(NCc2ccccc2C)n1. The quantitative estimate of drug-likeness (QED) is 0.725. The van der Waals surface area contributed by atoms with Gasteiger partial charge in [-0.1, -0.05) is 30.3 Å². The summed E-state index contributed by atoms with van der Waals surface area (Å²) >= 11 is 0. The Balaban J connectivity index is 1.66. The monoisotopic (exact) mass is 319 g/mol. The lowest BCUT2D eigenvalue weighted by Gasteiger charge is -2.11. The van der Waals surface area contributed by atoms with Crippen LogP contribution in [-0.4, -0.2) is 15.0 Å². The van der Waals surface area contributed by atoms with Crippen LogP contribution < -0.4 is 10.6 Å². The predicted octanol–water partition coefficient (Wildman–Crippen LogP) is 3.71. The topological polar surface area (TPSA) is 62.7 Å². The summed E-state index contributed by atoms with van der Waals surface area (Å²) in [5.74, 6) is 1.42. The number of benzene rings is 1. The van der Waals surface area contributed by atoms with Crippen LogP contribution in [0.1, 0.15) is 22.5 Å². The van der Waals surface area contributed by atoms with E-state index in [9.17, 15) is 0 Å². The maximum atomic E-state index is 4.53. The predicted molar refractivity (Wildman–Crippen MR) is 96.8 cm³/mol. The Morgan fingerprint density at radius 3 is 2.50 bits per heavy atom. The minimum Gasteiger partial charge on any atom is -0.364 e. The van der Waals surface area contributed by atoms with Crippen molar-refractivity contribution in [2.24, 2.45) is 0 Å². The Labute approximate surface area is 142 Å². The van der Waals surface area contributed by atoms with Crippen molar-refractivity contribution in [2.45, 2.75) is 26.9 Å². The van der Waals surface area contributed by atoms with Crippen LogP contribution >= 0.6 is 0 Å². The highest BCUT2D eigenvalue weighted by Crippen LogP contribution is 2.13. The van der Waals surface area contributed by atoms with Gasteiger partial charge in [0.2, 0.25) is 5.95 Å². The molecular weight excluding hydrogens is 298 g/mol. The van der Waals surface area contributed by atoms with Crippen LogP contribution in [0.3, 0.4) is 0 Å². The second kappa shape index (κ2) is 7.55. The number of rotatable bonds is 6. The van der Waals surface area contributed by atoms with Gasteiger partial charge in [0.25, 0.3) is 0 Å². The number of hydrogen-bond donors (Lipinski definition) is 2. The van der Waals surface area contributed by atoms with Crippen molar-refractivity contribution in [1.82, 2.24) is 15.0 Å². The molecule has 0 saturated heterocycles. The van der Waals surface area contributed by atoms with Crippen LogP contribution in [0.15, 0.2) is 54.7 Å². The molecule has 0 aliphatic carbocycles. The number of aromatic nitrogens is 3. The minimum atomic E-state index is 0.627. The van der Waals surface area contributed by atoms with E-state index in [4.69, 9.17) is 0 Å². The first-order valence-electron chi connectivity index (χ1n) is 7.98. The van der Waals surface area contributed by atoms with Crippen molar-refractivity contribution in [3.05, 3.63) is 77.2 Å². The molecule has 0 radical (unpaired) electrons. The average Bonchev–Trinajstić information content (AvgIpc) is 2.60. The molecule has 3 rings (SSSR count). The molecule has 2 heterocycles. The molecule has 5 nitrogen and oxygen atoms in total. The van der Waals surface area contributed by atoms with Crippen molar-refractivity contribution in [3.8, 4) is 0 Å². The standard InChI is InChI=1S/C19H21N5/c1-14-7-3-4-8-16(14)12-22-19-23-15(2)11-18(24-19)21-13-17-9-5-6-10-20-17/h3-11H,12-13H2,1-2H3,(H2,21,22,23,24). The van der Waals surface area contributed by atoms with E-state index in [1.165, 1.54) is 11.1 Å². The maximum absolute atomic E-state index is 4.53. The van der Waals surface area contributed by atoms with Crippen LogP contribution in [0.4, 0.5) is 11.8 Å². The van der Waals surface area contributed by atoms with Gasteiger partial charge in [-0.3, -0.25) is 4.98 Å². The third-order valence-corrected chi connectivity index (χ3v) is 3.73. The average molecular weight is 319 g/mol. The fourth-order valence-electron chi connectivity index (χ4n) is 2.40. The van der Waals surface area contributed by atoms with Crippen LogP contribution in [0.2, 0.25) is 0 Å². The molecule has 1 aromatic carbocycles. The second-order valence-electron chi connectivity index (χ2n) is 5.67. The van der Waals surface area contributed by atoms with Crippen molar-refractivity contribution >= 4 is 11.8 Å². The first kappa shape index (κ1) is 15.9. The van der Waals surface area contributed by atoms with Crippen molar-refractivity contribution in [1.29, 1.82) is 0 Å². The lowest BCUT2D eigenvalue weighted by molar-refractivity contribution is 0.990. The Hall–Kier alpha value is -2.95. The van der Waals surface area contributed by atoms with Crippen LogP contribution in [-0.2, 0) is 13.1 Å². The van der Waals surface area contributed by atoms with Crippen molar-refractivity contribution in [2.75, 3.05) is 10.6 Å². The molecule has 0 fully saturated rings. The Morgan fingerprint density at radius 1 is 0.875 bits per heavy atom. The summed E-state index contributed by atoms with van der Waals surface area (Å²) in [7, 11) is 0. The van der Waals surface area contributed by atoms with E-state index in [0.29, 0.717) is 19.0 Å². The fraction of sp³-hybridized carbons (Fsp3) is 0.211. The molecule has 2 N–H and O–H groups in total. The highest BCUT2D eigenvalue weighted by molar-refractivity contribution is 5.43. The Bertz CT molecular complexity index is 802. The van der Waals surface area contributed by atoms with Gasteiger partial charge in [0, 0.05) is 24.5 Å². The molecule has 0 atom stereocenters. The van der Waals surface area contributed by atoms with Gasteiger partial charge in [-0.2, -0.15) is 4.98 Å². The zero-order valence-corrected chi connectivity index (χ0v) is 14.0. The number of anilines is 2. The molecular formula is C19H21N5. The summed E-state index contributed by atoms with van der Waals surface area (Å²) < 4.78 is 0. The summed E-state index contributed by atoms with van der Waals surface area (Å²) in [5, 5.41) is 6.60. The highest BCUT2D eigenvalue weighted by atomic mass is 15.1. The van der Waals surface area contributed by atoms with E-state index >= 15 is 0 Å². The van der Waals surface area contributed by atoms with Crippen molar-refractivity contribution in [3.63, 3.8) is 0 Å². The van der Waals surface area contributed by atoms with Gasteiger partial charge in [0.15, 0.2) is 0 Å². The summed E-state index contributed by atoms with van der Waals surface area (Å²) in [4.78, 5) is 13.3. The molecule has 122 valence electrons. The molecule has 0 bridgehead atoms. The van der Waals surface area contributed by atoms with E-state index in [1.807, 2.05) is 43.3 Å².